The van der Waals surface area contributed by atoms with E-state index < -0.39 is 24.6 Å². The highest BCUT2D eigenvalue weighted by Gasteiger charge is 2.10. The normalized spacial score (nSPS) is 10.1. The van der Waals surface area contributed by atoms with Crippen molar-refractivity contribution in [2.75, 3.05) is 27.4 Å². The van der Waals surface area contributed by atoms with Crippen LogP contribution in [0.4, 0.5) is 4.79 Å². The highest BCUT2D eigenvalue weighted by atomic mass is 16.6. The van der Waals surface area contributed by atoms with Crippen molar-refractivity contribution in [1.29, 1.82) is 0 Å². The Hall–Kier alpha value is -3.03. The lowest BCUT2D eigenvalue weighted by molar-refractivity contribution is -0.143. The number of rotatable bonds is 7. The molecule has 0 fully saturated rings. The van der Waals surface area contributed by atoms with Crippen LogP contribution >= 0.6 is 0 Å². The summed E-state index contributed by atoms with van der Waals surface area (Å²) in [4.78, 5) is 34.0. The molecule has 0 aliphatic heterocycles. The number of carbonyl (C=O) groups is 3. The van der Waals surface area contributed by atoms with Crippen LogP contribution in [-0.4, -0.2) is 45.4 Å². The molecule has 0 atom stereocenters. The number of ether oxygens (including phenoxy) is 4. The summed E-state index contributed by atoms with van der Waals surface area (Å²) in [5, 5.41) is 1.91. The fourth-order valence-electron chi connectivity index (χ4n) is 1.63. The van der Waals surface area contributed by atoms with Crippen LogP contribution in [0, 0.1) is 0 Å². The lowest BCUT2D eigenvalue weighted by Crippen LogP contribution is -2.34. The molecule has 0 spiro atoms. The maximum Gasteiger partial charge on any atom is 0.413 e. The molecular weight excluding hydrogens is 318 g/mol. The second-order valence-electron chi connectivity index (χ2n) is 4.32. The Kier molecular flexibility index (Phi) is 7.83. The van der Waals surface area contributed by atoms with Crippen LogP contribution in [0.25, 0.3) is 6.08 Å². The fourth-order valence-corrected chi connectivity index (χ4v) is 1.63. The van der Waals surface area contributed by atoms with Gasteiger partial charge in [0.2, 0.25) is 0 Å². The van der Waals surface area contributed by atoms with E-state index in [2.05, 4.69) is 4.74 Å². The van der Waals surface area contributed by atoms with Crippen LogP contribution < -0.4 is 14.8 Å². The third kappa shape index (κ3) is 6.39. The van der Waals surface area contributed by atoms with Crippen molar-refractivity contribution in [3.05, 3.63) is 29.8 Å². The zero-order valence-electron chi connectivity index (χ0n) is 13.7. The molecule has 1 aromatic carbocycles. The molecule has 0 bridgehead atoms. The molecule has 0 saturated carbocycles. The van der Waals surface area contributed by atoms with E-state index in [-0.39, 0.29) is 6.61 Å². The molecule has 8 nitrogen and oxygen atoms in total. The van der Waals surface area contributed by atoms with Gasteiger partial charge in [-0.25, -0.2) is 9.59 Å². The van der Waals surface area contributed by atoms with Gasteiger partial charge in [-0.2, -0.15) is 0 Å². The summed E-state index contributed by atoms with van der Waals surface area (Å²) in [5.41, 5.74) is 0.602. The number of amides is 2. The van der Waals surface area contributed by atoms with Gasteiger partial charge < -0.3 is 18.9 Å². The average molecular weight is 337 g/mol. The number of alkyl carbamates (subject to hydrolysis) is 1. The third-order valence-electron chi connectivity index (χ3n) is 2.70. The van der Waals surface area contributed by atoms with E-state index in [1.54, 1.807) is 25.1 Å². The van der Waals surface area contributed by atoms with Crippen LogP contribution in [0.15, 0.2) is 24.3 Å². The maximum absolute atomic E-state index is 11.6. The van der Waals surface area contributed by atoms with Crippen LogP contribution in [0.3, 0.4) is 0 Å². The lowest BCUT2D eigenvalue weighted by Gasteiger charge is -2.07. The molecule has 24 heavy (non-hydrogen) atoms. The molecule has 0 saturated heterocycles. The zero-order chi connectivity index (χ0) is 17.9. The van der Waals surface area contributed by atoms with Gasteiger partial charge in [-0.05, 0) is 31.2 Å². The molecule has 1 rings (SSSR count). The van der Waals surface area contributed by atoms with Gasteiger partial charge in [-0.15, -0.1) is 0 Å². The summed E-state index contributed by atoms with van der Waals surface area (Å²) < 4.78 is 19.5. The standard InChI is InChI=1S/C16H19NO7/c1-4-23-16(20)17-14(18)10-24-15(19)8-5-11-9-12(21-2)6-7-13(11)22-3/h5-9H,4,10H2,1-3H3,(H,17,18,20)/b8-5+. The minimum Gasteiger partial charge on any atom is -0.497 e. The molecule has 0 heterocycles. The molecule has 0 aromatic heterocycles. The number of hydrogen-bond donors (Lipinski definition) is 1. The predicted octanol–water partition coefficient (Wildman–Crippen LogP) is 1.53. The summed E-state index contributed by atoms with van der Waals surface area (Å²) >= 11 is 0. The highest BCUT2D eigenvalue weighted by molar-refractivity contribution is 5.94. The maximum atomic E-state index is 11.6. The first-order valence-corrected chi connectivity index (χ1v) is 7.03. The van der Waals surface area contributed by atoms with Crippen LogP contribution in [-0.2, 0) is 19.1 Å². The van der Waals surface area contributed by atoms with E-state index in [1.807, 2.05) is 5.32 Å². The smallest absolute Gasteiger partial charge is 0.413 e. The van der Waals surface area contributed by atoms with Crippen molar-refractivity contribution in [2.45, 2.75) is 6.92 Å². The van der Waals surface area contributed by atoms with Crippen LogP contribution in [0.5, 0.6) is 11.5 Å². The first-order chi connectivity index (χ1) is 11.5. The molecule has 1 N–H and O–H groups in total. The van der Waals surface area contributed by atoms with Gasteiger partial charge in [0, 0.05) is 11.6 Å². The van der Waals surface area contributed by atoms with Crippen molar-refractivity contribution < 1.29 is 33.3 Å². The lowest BCUT2D eigenvalue weighted by atomic mass is 10.1. The largest absolute Gasteiger partial charge is 0.497 e. The van der Waals surface area contributed by atoms with Crippen molar-refractivity contribution in [3.8, 4) is 11.5 Å². The zero-order valence-corrected chi connectivity index (χ0v) is 13.7. The third-order valence-corrected chi connectivity index (χ3v) is 2.70. The number of esters is 1. The fraction of sp³-hybridized carbons (Fsp3) is 0.312. The second-order valence-corrected chi connectivity index (χ2v) is 4.32. The number of carbonyl (C=O) groups excluding carboxylic acids is 3. The summed E-state index contributed by atoms with van der Waals surface area (Å²) in [7, 11) is 3.02. The molecule has 0 unspecified atom stereocenters. The Morgan fingerprint density at radius 3 is 2.50 bits per heavy atom. The summed E-state index contributed by atoms with van der Waals surface area (Å²) in [6, 6.07) is 5.08. The van der Waals surface area contributed by atoms with Crippen molar-refractivity contribution in [3.63, 3.8) is 0 Å². The van der Waals surface area contributed by atoms with Crippen molar-refractivity contribution >= 4 is 24.0 Å². The molecule has 0 aliphatic rings. The molecular formula is C16H19NO7. The molecule has 2 amide bonds. The Labute approximate surface area is 139 Å². The highest BCUT2D eigenvalue weighted by Crippen LogP contribution is 2.25. The summed E-state index contributed by atoms with van der Waals surface area (Å²) in [5.74, 6) is -0.398. The van der Waals surface area contributed by atoms with Crippen molar-refractivity contribution in [2.24, 2.45) is 0 Å². The summed E-state index contributed by atoms with van der Waals surface area (Å²) in [6.45, 7) is 1.13. The van der Waals surface area contributed by atoms with Gasteiger partial charge in [-0.3, -0.25) is 10.1 Å². The monoisotopic (exact) mass is 337 g/mol. The van der Waals surface area contributed by atoms with E-state index in [1.165, 1.54) is 20.3 Å². The Morgan fingerprint density at radius 1 is 1.12 bits per heavy atom. The average Bonchev–Trinajstić information content (AvgIpc) is 2.57. The Morgan fingerprint density at radius 2 is 1.88 bits per heavy atom. The first-order valence-electron chi connectivity index (χ1n) is 7.03. The molecule has 0 radical (unpaired) electrons. The number of nitrogens with one attached hydrogen (secondary N) is 1. The van der Waals surface area contributed by atoms with Gasteiger partial charge in [0.1, 0.15) is 11.5 Å². The van der Waals surface area contributed by atoms with Gasteiger partial charge in [0.05, 0.1) is 20.8 Å². The molecule has 0 aliphatic carbocycles. The van der Waals surface area contributed by atoms with E-state index in [0.717, 1.165) is 6.08 Å². The van der Waals surface area contributed by atoms with Crippen molar-refractivity contribution in [1.82, 2.24) is 5.32 Å². The number of imide groups is 1. The quantitative estimate of drug-likeness (QED) is 0.595. The van der Waals surface area contributed by atoms with Gasteiger partial charge in [-0.1, -0.05) is 0 Å². The van der Waals surface area contributed by atoms with Crippen LogP contribution in [0.2, 0.25) is 0 Å². The van der Waals surface area contributed by atoms with Gasteiger partial charge in [0.15, 0.2) is 6.61 Å². The van der Waals surface area contributed by atoms with E-state index in [9.17, 15) is 14.4 Å². The topological polar surface area (TPSA) is 100 Å². The Bertz CT molecular complexity index is 625. The van der Waals surface area contributed by atoms with E-state index in [0.29, 0.717) is 17.1 Å². The van der Waals surface area contributed by atoms with Crippen LogP contribution in [0.1, 0.15) is 12.5 Å². The molecule has 130 valence electrons. The van der Waals surface area contributed by atoms with Gasteiger partial charge >= 0.3 is 12.1 Å². The summed E-state index contributed by atoms with van der Waals surface area (Å²) in [6.07, 6.45) is 1.71. The molecule has 1 aromatic rings. The number of hydrogen-bond acceptors (Lipinski definition) is 7. The second kappa shape index (κ2) is 9.88. The first kappa shape index (κ1) is 19.0. The number of benzene rings is 1. The minimum atomic E-state index is -0.893. The predicted molar refractivity (Wildman–Crippen MR) is 84.7 cm³/mol. The number of methoxy groups -OCH3 is 2. The van der Waals surface area contributed by atoms with E-state index >= 15 is 0 Å². The van der Waals surface area contributed by atoms with Gasteiger partial charge in [0.25, 0.3) is 5.91 Å². The van der Waals surface area contributed by atoms with E-state index in [4.69, 9.17) is 14.2 Å². The Balaban J connectivity index is 2.57. The SMILES string of the molecule is CCOC(=O)NC(=O)COC(=O)/C=C/c1cc(OC)ccc1OC. The molecule has 8 heteroatoms. The minimum absolute atomic E-state index is 0.129.